The fraction of sp³-hybridized carbons (Fsp3) is 0.393. The van der Waals surface area contributed by atoms with Crippen molar-refractivity contribution in [1.82, 2.24) is 39.5 Å². The van der Waals surface area contributed by atoms with Gasteiger partial charge in [-0.25, -0.2) is 14.4 Å². The Bertz CT molecular complexity index is 3560. The summed E-state index contributed by atoms with van der Waals surface area (Å²) in [6.07, 6.45) is -2.15. The van der Waals surface area contributed by atoms with E-state index in [1.807, 2.05) is 57.2 Å². The van der Waals surface area contributed by atoms with E-state index >= 15 is 8.78 Å². The second-order valence-corrected chi connectivity index (χ2v) is 23.8. The number of hydrogen-bond donors (Lipinski definition) is 5. The number of nitrogens with zero attached hydrogens (tertiary/aromatic N) is 8. The van der Waals surface area contributed by atoms with Crippen LogP contribution < -0.4 is 19.8 Å². The number of aryl methyl sites for hydroxylation is 1. The molecule has 5 atom stereocenters. The maximum Gasteiger partial charge on any atom is 0.301 e. The summed E-state index contributed by atoms with van der Waals surface area (Å²) >= 11 is 1.53. The summed E-state index contributed by atoms with van der Waals surface area (Å²) in [5.74, 6) is -3.76. The number of pyridine rings is 1. The van der Waals surface area contributed by atoms with E-state index in [4.69, 9.17) is 4.52 Å². The molecular weight excluding hydrogens is 1080 g/mol. The van der Waals surface area contributed by atoms with Gasteiger partial charge in [0.25, 0.3) is 0 Å². The maximum atomic E-state index is 15.8. The van der Waals surface area contributed by atoms with Crippen LogP contribution in [0.5, 0.6) is 0 Å². The number of benzene rings is 3. The number of aliphatic hydroxyl groups excluding tert-OH is 2. The van der Waals surface area contributed by atoms with Gasteiger partial charge < -0.3 is 39.7 Å². The minimum absolute atomic E-state index is 0.00168. The topological polar surface area (TPSA) is 234 Å². The molecule has 420 valence electrons. The number of hydrogen-bond acceptors (Lipinski definition) is 15. The average Bonchev–Trinajstić information content (AvgIpc) is 4.44. The van der Waals surface area contributed by atoms with Crippen molar-refractivity contribution in [1.29, 1.82) is 0 Å². The number of para-hydroxylation sites is 1. The fourth-order valence-corrected chi connectivity index (χ4v) is 13.4. The van der Waals surface area contributed by atoms with Crippen molar-refractivity contribution in [3.05, 3.63) is 130 Å². The number of likely N-dealkylation sites (tertiary alicyclic amines) is 1. The molecule has 0 aliphatic carbocycles. The first kappa shape index (κ1) is 54.7. The predicted molar refractivity (Wildman–Crippen MR) is 295 cm³/mol. The van der Waals surface area contributed by atoms with E-state index in [1.54, 1.807) is 23.7 Å². The number of piperazine rings is 1. The van der Waals surface area contributed by atoms with Crippen LogP contribution in [-0.4, -0.2) is 160 Å². The molecule has 0 saturated carbocycles. The number of H-pyrrole nitrogens is 1. The number of nitrogens with one attached hydrogen (secondary N) is 3. The standard InChI is InChI=1S/C56H60F3N11O8S2/c1-31(2)48(56(75)70-28-39(72)22-45(70)55(74)61-44(29-71)33-11-13-34(14-12-33)51-32(3)60-30-79-51)46-24-47(64-78-46)68-26-38(27-68)67-19-17-66(18-20-67)37-8-6-7-35(21-37)41-23-42-49(53(59)63-54(42)62-52(41)58)50(73)40-9-4-5-10-43(40)65-80(76,77)69-16-15-36(57)25-69/h4-14,21,23-24,30-31,36,38-39,44-45,48,65,71-72H,15-20,22,25-29H2,1-3H3,(H,61,74)(H,62,63)/t36?,39-,44+,45+,48?/m1/s1. The van der Waals surface area contributed by atoms with Crippen LogP contribution in [0.1, 0.15) is 71.6 Å². The van der Waals surface area contributed by atoms with E-state index in [1.165, 1.54) is 46.6 Å². The number of aromatic nitrogens is 4. The van der Waals surface area contributed by atoms with Gasteiger partial charge in [0.2, 0.25) is 23.7 Å². The highest BCUT2D eigenvalue weighted by Crippen LogP contribution is 2.37. The molecule has 8 heterocycles. The third-order valence-corrected chi connectivity index (χ3v) is 18.2. The van der Waals surface area contributed by atoms with Crippen molar-refractivity contribution < 1.29 is 50.7 Å². The number of carbonyl (C=O) groups is 3. The van der Waals surface area contributed by atoms with Crippen molar-refractivity contribution in [3.8, 4) is 21.6 Å². The second-order valence-electron chi connectivity index (χ2n) is 21.2. The third-order valence-electron chi connectivity index (χ3n) is 15.7. The zero-order valence-corrected chi connectivity index (χ0v) is 45.7. The van der Waals surface area contributed by atoms with Crippen molar-refractivity contribution in [2.75, 3.05) is 80.0 Å². The molecule has 2 unspecified atom stereocenters. The molecule has 80 heavy (non-hydrogen) atoms. The molecule has 0 radical (unpaired) electrons. The molecule has 0 bridgehead atoms. The van der Waals surface area contributed by atoms with E-state index in [0.717, 1.165) is 39.2 Å². The first-order valence-corrected chi connectivity index (χ1v) is 28.9. The molecule has 4 aromatic heterocycles. The van der Waals surface area contributed by atoms with E-state index < -0.39 is 69.6 Å². The number of amides is 2. The van der Waals surface area contributed by atoms with Crippen molar-refractivity contribution in [2.24, 2.45) is 5.92 Å². The molecule has 24 heteroatoms. The highest BCUT2D eigenvalue weighted by molar-refractivity contribution is 7.90. The Labute approximate surface area is 463 Å². The lowest BCUT2D eigenvalue weighted by Crippen LogP contribution is -2.63. The summed E-state index contributed by atoms with van der Waals surface area (Å²) in [6, 6.07) is 22.1. The summed E-state index contributed by atoms with van der Waals surface area (Å²) in [7, 11) is -4.24. The number of aliphatic hydroxyl groups is 2. The lowest BCUT2D eigenvalue weighted by molar-refractivity contribution is -0.141. The number of carbonyl (C=O) groups excluding carboxylic acids is 3. The number of ketones is 1. The number of aromatic amines is 1. The zero-order valence-electron chi connectivity index (χ0n) is 44.1. The van der Waals surface area contributed by atoms with E-state index in [2.05, 4.69) is 44.8 Å². The van der Waals surface area contributed by atoms with E-state index in [0.29, 0.717) is 48.9 Å². The number of fused-ring (bicyclic) bond motifs is 1. The van der Waals surface area contributed by atoms with E-state index in [-0.39, 0.29) is 84.8 Å². The van der Waals surface area contributed by atoms with Gasteiger partial charge in [0.15, 0.2) is 17.4 Å². The largest absolute Gasteiger partial charge is 0.394 e. The molecule has 11 rings (SSSR count). The molecule has 7 aromatic rings. The smallest absolute Gasteiger partial charge is 0.301 e. The van der Waals surface area contributed by atoms with Gasteiger partial charge in [-0.3, -0.25) is 24.0 Å². The second kappa shape index (κ2) is 22.4. The highest BCUT2D eigenvalue weighted by Gasteiger charge is 2.45. The molecule has 0 spiro atoms. The SMILES string of the molecule is Cc1ncsc1-c1ccc([C@H](CO)NC(=O)[C@@H]2C[C@@H](O)CN2C(=O)C(c2cc(N3CC(N4CCN(c5cccc(-c6cc7c(C(=O)c8ccccc8NS(=O)(=O)N8CCC(F)C8)c(F)[nH]c7nc6F)c5)CC4)C3)no2)C(C)C)cc1. The summed E-state index contributed by atoms with van der Waals surface area (Å²) in [5, 5.41) is 28.4. The molecule has 19 nitrogen and oxygen atoms in total. The van der Waals surface area contributed by atoms with Gasteiger partial charge in [0.05, 0.1) is 46.1 Å². The Morgan fingerprint density at radius 1 is 0.912 bits per heavy atom. The summed E-state index contributed by atoms with van der Waals surface area (Å²) in [4.78, 5) is 62.2. The van der Waals surface area contributed by atoms with Crippen LogP contribution in [0.2, 0.25) is 0 Å². The Hall–Kier alpha value is -7.22. The molecule has 5 N–H and O–H groups in total. The number of rotatable bonds is 17. The molecule has 2 amide bonds. The third kappa shape index (κ3) is 10.8. The Kier molecular flexibility index (Phi) is 15.3. The van der Waals surface area contributed by atoms with Crippen molar-refractivity contribution in [2.45, 2.75) is 69.9 Å². The van der Waals surface area contributed by atoms with Crippen LogP contribution in [0.4, 0.5) is 30.4 Å². The predicted octanol–water partition coefficient (Wildman–Crippen LogP) is 6.42. The molecule has 4 aliphatic rings. The average molecular weight is 1140 g/mol. The Morgan fingerprint density at radius 2 is 1.68 bits per heavy atom. The number of alkyl halides is 1. The van der Waals surface area contributed by atoms with Crippen LogP contribution in [0.3, 0.4) is 0 Å². The van der Waals surface area contributed by atoms with Crippen LogP contribution in [0, 0.1) is 24.7 Å². The van der Waals surface area contributed by atoms with Crippen LogP contribution in [-0.2, 0) is 19.8 Å². The number of anilines is 3. The van der Waals surface area contributed by atoms with Gasteiger partial charge in [-0.2, -0.15) is 21.5 Å². The molecule has 4 aliphatic heterocycles. The lowest BCUT2D eigenvalue weighted by Gasteiger charge is -2.48. The van der Waals surface area contributed by atoms with Crippen LogP contribution in [0.25, 0.3) is 32.6 Å². The quantitative estimate of drug-likeness (QED) is 0.0489. The lowest BCUT2D eigenvalue weighted by atomic mass is 9.91. The van der Waals surface area contributed by atoms with Crippen LogP contribution in [0.15, 0.2) is 95.0 Å². The summed E-state index contributed by atoms with van der Waals surface area (Å²) < 4.78 is 80.9. The summed E-state index contributed by atoms with van der Waals surface area (Å²) in [6.45, 7) is 9.07. The zero-order chi connectivity index (χ0) is 56.1. The molecule has 4 saturated heterocycles. The fourth-order valence-electron chi connectivity index (χ4n) is 11.3. The van der Waals surface area contributed by atoms with Gasteiger partial charge in [-0.05, 0) is 66.3 Å². The molecular formula is C56H60F3N11O8S2. The molecule has 4 fully saturated rings. The van der Waals surface area contributed by atoms with E-state index in [9.17, 15) is 37.4 Å². The highest BCUT2D eigenvalue weighted by atomic mass is 32.2. The monoisotopic (exact) mass is 1140 g/mol. The summed E-state index contributed by atoms with van der Waals surface area (Å²) in [5.41, 5.74) is 4.71. The minimum Gasteiger partial charge on any atom is -0.394 e. The van der Waals surface area contributed by atoms with Gasteiger partial charge in [0, 0.05) is 99.6 Å². The Morgan fingerprint density at radius 3 is 2.38 bits per heavy atom. The van der Waals surface area contributed by atoms with Crippen molar-refractivity contribution in [3.63, 3.8) is 0 Å². The first-order chi connectivity index (χ1) is 38.4. The van der Waals surface area contributed by atoms with Gasteiger partial charge in [0.1, 0.15) is 23.8 Å². The Balaban J connectivity index is 0.708. The van der Waals surface area contributed by atoms with Gasteiger partial charge in [-0.15, -0.1) is 11.3 Å². The normalized spacial score (nSPS) is 20.2. The molecule has 3 aromatic carbocycles. The van der Waals surface area contributed by atoms with Crippen molar-refractivity contribution >= 4 is 67.4 Å². The number of β-amino-alcohol motifs (C(OH)–C–C–N with tert-alkyl or cyclic N) is 1. The van der Waals surface area contributed by atoms with Crippen LogP contribution >= 0.6 is 11.3 Å². The van der Waals surface area contributed by atoms with Gasteiger partial charge in [-0.1, -0.05) is 67.5 Å². The number of halogens is 3. The van der Waals surface area contributed by atoms with Gasteiger partial charge >= 0.3 is 10.2 Å². The minimum atomic E-state index is -4.24. The maximum absolute atomic E-state index is 15.8. The number of thiazole rings is 1. The first-order valence-electron chi connectivity index (χ1n) is 26.6.